The van der Waals surface area contributed by atoms with Crippen LogP contribution in [0.4, 0.5) is 0 Å². The van der Waals surface area contributed by atoms with Crippen molar-refractivity contribution in [1.29, 1.82) is 0 Å². The molecule has 0 radical (unpaired) electrons. The van der Waals surface area contributed by atoms with Crippen LogP contribution in [0.2, 0.25) is 0 Å². The van der Waals surface area contributed by atoms with Crippen LogP contribution < -0.4 is 5.32 Å². The number of piperidine rings is 1. The van der Waals surface area contributed by atoms with Crippen molar-refractivity contribution in [2.75, 3.05) is 19.6 Å². The Balaban J connectivity index is 1.58. The standard InChI is InChI=1S/C23H35N3O2/c1-16(2)26-15-21(10-22(26)27)23(28)24-11-19-7-5-6-8-20(19)14-25-12-17(3)9-18(4)13-25/h5-8,16-18,21H,9-15H2,1-4H3,(H,24,28)/t17-,18+,21-/m1/s1. The molecule has 5 nitrogen and oxygen atoms in total. The van der Waals surface area contributed by atoms with E-state index in [0.29, 0.717) is 19.5 Å². The molecule has 2 aliphatic rings. The Morgan fingerprint density at radius 3 is 2.36 bits per heavy atom. The number of hydrogen-bond donors (Lipinski definition) is 1. The molecule has 5 heteroatoms. The molecule has 0 spiro atoms. The zero-order valence-electron chi connectivity index (χ0n) is 17.8. The molecule has 0 saturated carbocycles. The molecule has 1 N–H and O–H groups in total. The molecule has 3 atom stereocenters. The molecule has 28 heavy (non-hydrogen) atoms. The molecule has 2 amide bonds. The normalized spacial score (nSPS) is 26.1. The minimum atomic E-state index is -0.231. The largest absolute Gasteiger partial charge is 0.352 e. The molecular formula is C23H35N3O2. The lowest BCUT2D eigenvalue weighted by Crippen LogP contribution is -2.38. The summed E-state index contributed by atoms with van der Waals surface area (Å²) in [5, 5.41) is 3.08. The molecule has 0 unspecified atom stereocenters. The highest BCUT2D eigenvalue weighted by Gasteiger charge is 2.35. The highest BCUT2D eigenvalue weighted by Crippen LogP contribution is 2.24. The zero-order chi connectivity index (χ0) is 20.3. The summed E-state index contributed by atoms with van der Waals surface area (Å²) in [5.74, 6) is 1.32. The molecule has 3 rings (SSSR count). The average molecular weight is 386 g/mol. The molecule has 154 valence electrons. The number of likely N-dealkylation sites (tertiary alicyclic amines) is 2. The molecule has 1 aromatic carbocycles. The summed E-state index contributed by atoms with van der Waals surface area (Å²) in [4.78, 5) is 29.0. The summed E-state index contributed by atoms with van der Waals surface area (Å²) >= 11 is 0. The van der Waals surface area contributed by atoms with E-state index in [1.54, 1.807) is 4.90 Å². The van der Waals surface area contributed by atoms with Gasteiger partial charge in [0, 0.05) is 45.2 Å². The van der Waals surface area contributed by atoms with Gasteiger partial charge in [-0.2, -0.15) is 0 Å². The topological polar surface area (TPSA) is 52.7 Å². The predicted molar refractivity (Wildman–Crippen MR) is 111 cm³/mol. The van der Waals surface area contributed by atoms with Gasteiger partial charge in [0.1, 0.15) is 0 Å². The second kappa shape index (κ2) is 9.08. The summed E-state index contributed by atoms with van der Waals surface area (Å²) in [6, 6.07) is 8.54. The number of carbonyl (C=O) groups excluding carboxylic acids is 2. The Morgan fingerprint density at radius 2 is 1.75 bits per heavy atom. The SMILES string of the molecule is CC(C)N1C[C@H](C(=O)NCc2ccccc2CN2C[C@H](C)C[C@H](C)C2)CC1=O. The summed E-state index contributed by atoms with van der Waals surface area (Å²) in [7, 11) is 0. The van der Waals surface area contributed by atoms with Crippen molar-refractivity contribution in [3.8, 4) is 0 Å². The van der Waals surface area contributed by atoms with Crippen molar-refractivity contribution in [3.63, 3.8) is 0 Å². The lowest BCUT2D eigenvalue weighted by atomic mass is 9.91. The minimum absolute atomic E-state index is 0.00785. The highest BCUT2D eigenvalue weighted by molar-refractivity contribution is 5.89. The van der Waals surface area contributed by atoms with Gasteiger partial charge in [0.25, 0.3) is 0 Å². The third kappa shape index (κ3) is 5.13. The van der Waals surface area contributed by atoms with Crippen molar-refractivity contribution in [1.82, 2.24) is 15.1 Å². The fraction of sp³-hybridized carbons (Fsp3) is 0.652. The number of nitrogens with zero attached hydrogens (tertiary/aromatic N) is 2. The summed E-state index contributed by atoms with van der Waals surface area (Å²) in [5.41, 5.74) is 2.46. The van der Waals surface area contributed by atoms with Gasteiger partial charge in [0.15, 0.2) is 0 Å². The number of amides is 2. The van der Waals surface area contributed by atoms with Crippen molar-refractivity contribution in [2.45, 2.75) is 59.7 Å². The molecule has 0 bridgehead atoms. The van der Waals surface area contributed by atoms with Crippen LogP contribution in [-0.4, -0.2) is 47.3 Å². The Morgan fingerprint density at radius 1 is 1.11 bits per heavy atom. The first kappa shape index (κ1) is 20.8. The maximum Gasteiger partial charge on any atom is 0.225 e. The molecule has 0 aromatic heterocycles. The third-order valence-corrected chi connectivity index (χ3v) is 6.06. The monoisotopic (exact) mass is 385 g/mol. The van der Waals surface area contributed by atoms with Crippen molar-refractivity contribution >= 4 is 11.8 Å². The van der Waals surface area contributed by atoms with Gasteiger partial charge in [-0.1, -0.05) is 38.1 Å². The van der Waals surface area contributed by atoms with E-state index < -0.39 is 0 Å². The van der Waals surface area contributed by atoms with Gasteiger partial charge in [-0.05, 0) is 43.2 Å². The van der Waals surface area contributed by atoms with Crippen LogP contribution >= 0.6 is 0 Å². The van der Waals surface area contributed by atoms with Gasteiger partial charge in [-0.25, -0.2) is 0 Å². The van der Waals surface area contributed by atoms with Crippen LogP contribution in [-0.2, 0) is 22.7 Å². The number of carbonyl (C=O) groups is 2. The molecule has 2 saturated heterocycles. The lowest BCUT2D eigenvalue weighted by molar-refractivity contribution is -0.130. The third-order valence-electron chi connectivity index (χ3n) is 6.06. The number of rotatable bonds is 6. The first-order valence-electron chi connectivity index (χ1n) is 10.7. The predicted octanol–water partition coefficient (Wildman–Crippen LogP) is 3.04. The quantitative estimate of drug-likeness (QED) is 0.819. The summed E-state index contributed by atoms with van der Waals surface area (Å²) in [6.45, 7) is 12.9. The van der Waals surface area contributed by atoms with Crippen molar-refractivity contribution in [2.24, 2.45) is 17.8 Å². The number of benzene rings is 1. The van der Waals surface area contributed by atoms with Crippen LogP contribution in [0.1, 0.15) is 51.7 Å². The van der Waals surface area contributed by atoms with E-state index in [0.717, 1.165) is 31.5 Å². The summed E-state index contributed by atoms with van der Waals surface area (Å²) < 4.78 is 0. The smallest absolute Gasteiger partial charge is 0.225 e. The highest BCUT2D eigenvalue weighted by atomic mass is 16.2. The van der Waals surface area contributed by atoms with Gasteiger partial charge >= 0.3 is 0 Å². The van der Waals surface area contributed by atoms with Gasteiger partial charge in [-0.15, -0.1) is 0 Å². The van der Waals surface area contributed by atoms with Gasteiger partial charge in [0.2, 0.25) is 11.8 Å². The van der Waals surface area contributed by atoms with E-state index in [-0.39, 0.29) is 23.8 Å². The van der Waals surface area contributed by atoms with E-state index in [4.69, 9.17) is 0 Å². The maximum atomic E-state index is 12.6. The van der Waals surface area contributed by atoms with E-state index in [9.17, 15) is 9.59 Å². The molecule has 2 fully saturated rings. The van der Waals surface area contributed by atoms with E-state index in [1.165, 1.54) is 17.5 Å². The molecular weight excluding hydrogens is 350 g/mol. The Labute approximate surface area is 169 Å². The number of nitrogens with one attached hydrogen (secondary N) is 1. The molecule has 2 aliphatic heterocycles. The van der Waals surface area contributed by atoms with Crippen LogP contribution in [0.5, 0.6) is 0 Å². The summed E-state index contributed by atoms with van der Waals surface area (Å²) in [6.07, 6.45) is 1.64. The second-order valence-corrected chi connectivity index (χ2v) is 9.17. The van der Waals surface area contributed by atoms with Crippen LogP contribution in [0, 0.1) is 17.8 Å². The fourth-order valence-electron chi connectivity index (χ4n) is 4.78. The number of hydrogen-bond acceptors (Lipinski definition) is 3. The average Bonchev–Trinajstić information content (AvgIpc) is 3.02. The zero-order valence-corrected chi connectivity index (χ0v) is 17.8. The van der Waals surface area contributed by atoms with Crippen LogP contribution in [0.15, 0.2) is 24.3 Å². The van der Waals surface area contributed by atoms with Gasteiger partial charge in [-0.3, -0.25) is 14.5 Å². The molecule has 2 heterocycles. The van der Waals surface area contributed by atoms with Crippen LogP contribution in [0.3, 0.4) is 0 Å². The maximum absolute atomic E-state index is 12.6. The lowest BCUT2D eigenvalue weighted by Gasteiger charge is -2.35. The first-order valence-corrected chi connectivity index (χ1v) is 10.7. The molecule has 0 aliphatic carbocycles. The molecule has 1 aromatic rings. The Kier molecular flexibility index (Phi) is 6.76. The fourth-order valence-corrected chi connectivity index (χ4v) is 4.78. The minimum Gasteiger partial charge on any atom is -0.352 e. The van der Waals surface area contributed by atoms with Crippen LogP contribution in [0.25, 0.3) is 0 Å². The Hall–Kier alpha value is -1.88. The van der Waals surface area contributed by atoms with Gasteiger partial charge < -0.3 is 10.2 Å². The van der Waals surface area contributed by atoms with E-state index >= 15 is 0 Å². The van der Waals surface area contributed by atoms with Crippen molar-refractivity contribution < 1.29 is 9.59 Å². The Bertz CT molecular complexity index is 693. The first-order chi connectivity index (χ1) is 13.3. The van der Waals surface area contributed by atoms with E-state index in [1.807, 2.05) is 19.9 Å². The second-order valence-electron chi connectivity index (χ2n) is 9.17. The van der Waals surface area contributed by atoms with E-state index in [2.05, 4.69) is 42.3 Å². The van der Waals surface area contributed by atoms with Gasteiger partial charge in [0.05, 0.1) is 5.92 Å². The van der Waals surface area contributed by atoms with Crippen molar-refractivity contribution in [3.05, 3.63) is 35.4 Å².